The lowest BCUT2D eigenvalue weighted by molar-refractivity contribution is -0.137. The number of aryl methyl sites for hydroxylation is 1. The molecule has 0 bridgehead atoms. The SMILES string of the molecule is CN(C)[C@]1(CCc2ccc(Cl)c(C(F)(F)F)c2)CCCN(C(C)(C)C)C1. The number of halogens is 4. The van der Waals surface area contributed by atoms with E-state index in [2.05, 4.69) is 44.7 Å². The molecule has 0 spiro atoms. The molecule has 2 rings (SSSR count). The van der Waals surface area contributed by atoms with Crippen molar-refractivity contribution >= 4 is 11.6 Å². The van der Waals surface area contributed by atoms with Gasteiger partial charge in [-0.15, -0.1) is 0 Å². The highest BCUT2D eigenvalue weighted by Gasteiger charge is 2.40. The van der Waals surface area contributed by atoms with Crippen molar-refractivity contribution < 1.29 is 13.2 Å². The third kappa shape index (κ3) is 4.93. The third-order valence-electron chi connectivity index (χ3n) is 5.67. The molecule has 2 nitrogen and oxygen atoms in total. The van der Waals surface area contributed by atoms with E-state index in [0.717, 1.165) is 32.4 Å². The van der Waals surface area contributed by atoms with Crippen LogP contribution in [0.1, 0.15) is 51.2 Å². The third-order valence-corrected chi connectivity index (χ3v) is 6.00. The molecule has 6 heteroatoms. The number of hydrogen-bond donors (Lipinski definition) is 0. The van der Waals surface area contributed by atoms with Gasteiger partial charge in [0.1, 0.15) is 0 Å². The lowest BCUT2D eigenvalue weighted by Gasteiger charge is -2.51. The van der Waals surface area contributed by atoms with E-state index in [4.69, 9.17) is 11.6 Å². The van der Waals surface area contributed by atoms with Gasteiger partial charge in [0.2, 0.25) is 0 Å². The van der Waals surface area contributed by atoms with Crippen LogP contribution in [0.4, 0.5) is 13.2 Å². The molecule has 1 fully saturated rings. The van der Waals surface area contributed by atoms with Crippen molar-refractivity contribution in [1.29, 1.82) is 0 Å². The molecule has 0 amide bonds. The van der Waals surface area contributed by atoms with Gasteiger partial charge >= 0.3 is 6.18 Å². The Morgan fingerprint density at radius 1 is 1.19 bits per heavy atom. The van der Waals surface area contributed by atoms with Gasteiger partial charge in [-0.05, 0) is 84.8 Å². The Balaban J connectivity index is 2.19. The zero-order chi connectivity index (χ0) is 19.8. The summed E-state index contributed by atoms with van der Waals surface area (Å²) in [5.41, 5.74) is 0.0148. The van der Waals surface area contributed by atoms with E-state index in [-0.39, 0.29) is 16.1 Å². The molecule has 0 aromatic heterocycles. The summed E-state index contributed by atoms with van der Waals surface area (Å²) in [7, 11) is 4.16. The Labute approximate surface area is 160 Å². The van der Waals surface area contributed by atoms with E-state index in [1.165, 1.54) is 12.1 Å². The summed E-state index contributed by atoms with van der Waals surface area (Å²) in [5, 5.41) is -0.236. The molecule has 1 heterocycles. The first-order valence-corrected chi connectivity index (χ1v) is 9.51. The maximum absolute atomic E-state index is 13.1. The van der Waals surface area contributed by atoms with Gasteiger partial charge in [-0.2, -0.15) is 13.2 Å². The standard InChI is InChI=1S/C20H30ClF3N2/c1-18(2,3)26-12-6-10-19(14-26,25(4)5)11-9-15-7-8-17(21)16(13-15)20(22,23)24/h7-8,13H,6,9-12,14H2,1-5H3/t19-/m0/s1. The first-order chi connectivity index (χ1) is 11.8. The summed E-state index contributed by atoms with van der Waals surface area (Å²) in [4.78, 5) is 4.74. The van der Waals surface area contributed by atoms with Crippen LogP contribution in [0.25, 0.3) is 0 Å². The topological polar surface area (TPSA) is 6.48 Å². The first kappa shape index (κ1) is 21.5. The quantitative estimate of drug-likeness (QED) is 0.671. The number of nitrogens with zero attached hydrogens (tertiary/aromatic N) is 2. The Kier molecular flexibility index (Phi) is 6.36. The summed E-state index contributed by atoms with van der Waals surface area (Å²) in [6, 6.07) is 4.28. The Hall–Kier alpha value is -0.780. The van der Waals surface area contributed by atoms with Crippen LogP contribution in [-0.2, 0) is 12.6 Å². The maximum atomic E-state index is 13.1. The van der Waals surface area contributed by atoms with Crippen molar-refractivity contribution in [2.45, 2.75) is 63.7 Å². The van der Waals surface area contributed by atoms with Crippen molar-refractivity contribution in [3.05, 3.63) is 34.3 Å². The minimum atomic E-state index is -4.42. The van der Waals surface area contributed by atoms with Gasteiger partial charge in [0.15, 0.2) is 0 Å². The van der Waals surface area contributed by atoms with Crippen LogP contribution in [0, 0.1) is 0 Å². The number of likely N-dealkylation sites (N-methyl/N-ethyl adjacent to an activating group) is 1. The first-order valence-electron chi connectivity index (χ1n) is 9.13. The number of hydrogen-bond acceptors (Lipinski definition) is 2. The fourth-order valence-electron chi connectivity index (χ4n) is 3.80. The molecule has 1 atom stereocenters. The fourth-order valence-corrected chi connectivity index (χ4v) is 4.02. The van der Waals surface area contributed by atoms with E-state index < -0.39 is 11.7 Å². The van der Waals surface area contributed by atoms with Gasteiger partial charge in [0.05, 0.1) is 10.6 Å². The van der Waals surface area contributed by atoms with Gasteiger partial charge in [-0.3, -0.25) is 4.90 Å². The number of benzene rings is 1. The highest BCUT2D eigenvalue weighted by Crippen LogP contribution is 2.37. The van der Waals surface area contributed by atoms with Crippen LogP contribution in [-0.4, -0.2) is 48.1 Å². The summed E-state index contributed by atoms with van der Waals surface area (Å²) in [5.74, 6) is 0. The lowest BCUT2D eigenvalue weighted by Crippen LogP contribution is -2.60. The lowest BCUT2D eigenvalue weighted by atomic mass is 9.81. The second-order valence-corrected chi connectivity index (χ2v) is 9.03. The molecule has 1 aliphatic heterocycles. The van der Waals surface area contributed by atoms with Crippen molar-refractivity contribution in [1.82, 2.24) is 9.80 Å². The number of likely N-dealkylation sites (tertiary alicyclic amines) is 1. The van der Waals surface area contributed by atoms with Gasteiger partial charge in [0.25, 0.3) is 0 Å². The van der Waals surface area contributed by atoms with Crippen molar-refractivity contribution in [3.63, 3.8) is 0 Å². The van der Waals surface area contributed by atoms with E-state index in [0.29, 0.717) is 12.0 Å². The van der Waals surface area contributed by atoms with Crippen LogP contribution in [0.5, 0.6) is 0 Å². The second kappa shape index (κ2) is 7.69. The van der Waals surface area contributed by atoms with Crippen LogP contribution >= 0.6 is 11.6 Å². The van der Waals surface area contributed by atoms with E-state index in [9.17, 15) is 13.2 Å². The molecule has 1 aliphatic rings. The summed E-state index contributed by atoms with van der Waals surface area (Å²) in [6.45, 7) is 8.65. The molecule has 26 heavy (non-hydrogen) atoms. The molecule has 1 aromatic carbocycles. The van der Waals surface area contributed by atoms with E-state index in [1.807, 2.05) is 0 Å². The zero-order valence-corrected chi connectivity index (χ0v) is 17.1. The molecular formula is C20H30ClF3N2. The zero-order valence-electron chi connectivity index (χ0n) is 16.4. The molecule has 0 aliphatic carbocycles. The fraction of sp³-hybridized carbons (Fsp3) is 0.700. The van der Waals surface area contributed by atoms with Crippen LogP contribution < -0.4 is 0 Å². The van der Waals surface area contributed by atoms with Crippen LogP contribution in [0.2, 0.25) is 5.02 Å². The predicted octanol–water partition coefficient (Wildman–Crippen LogP) is 5.49. The number of rotatable bonds is 4. The molecule has 1 saturated heterocycles. The minimum Gasteiger partial charge on any atom is -0.302 e. The number of piperidine rings is 1. The average Bonchev–Trinajstić information content (AvgIpc) is 2.52. The molecule has 1 aromatic rings. The number of alkyl halides is 3. The normalized spacial score (nSPS) is 22.8. The van der Waals surface area contributed by atoms with Crippen molar-refractivity contribution in [3.8, 4) is 0 Å². The Morgan fingerprint density at radius 2 is 1.85 bits per heavy atom. The molecule has 0 unspecified atom stereocenters. The monoisotopic (exact) mass is 390 g/mol. The Morgan fingerprint density at radius 3 is 2.38 bits per heavy atom. The molecule has 0 saturated carbocycles. The van der Waals surface area contributed by atoms with Gasteiger partial charge in [-0.25, -0.2) is 0 Å². The maximum Gasteiger partial charge on any atom is 0.417 e. The average molecular weight is 391 g/mol. The predicted molar refractivity (Wildman–Crippen MR) is 102 cm³/mol. The van der Waals surface area contributed by atoms with Crippen molar-refractivity contribution in [2.75, 3.05) is 27.2 Å². The molecule has 0 radical (unpaired) electrons. The van der Waals surface area contributed by atoms with Gasteiger partial charge in [0, 0.05) is 17.6 Å². The van der Waals surface area contributed by atoms with Crippen LogP contribution in [0.3, 0.4) is 0 Å². The van der Waals surface area contributed by atoms with E-state index >= 15 is 0 Å². The minimum absolute atomic E-state index is 0.0242. The molecule has 0 N–H and O–H groups in total. The van der Waals surface area contributed by atoms with Gasteiger partial charge < -0.3 is 4.90 Å². The summed E-state index contributed by atoms with van der Waals surface area (Å²) in [6.07, 6.45) is -0.821. The molecular weight excluding hydrogens is 361 g/mol. The Bertz CT molecular complexity index is 622. The molecule has 148 valence electrons. The largest absolute Gasteiger partial charge is 0.417 e. The second-order valence-electron chi connectivity index (χ2n) is 8.63. The van der Waals surface area contributed by atoms with E-state index in [1.54, 1.807) is 6.07 Å². The van der Waals surface area contributed by atoms with Gasteiger partial charge in [-0.1, -0.05) is 17.7 Å². The van der Waals surface area contributed by atoms with Crippen LogP contribution in [0.15, 0.2) is 18.2 Å². The summed E-state index contributed by atoms with van der Waals surface area (Å²) < 4.78 is 39.3. The van der Waals surface area contributed by atoms with Crippen molar-refractivity contribution in [2.24, 2.45) is 0 Å². The highest BCUT2D eigenvalue weighted by atomic mass is 35.5. The smallest absolute Gasteiger partial charge is 0.302 e. The highest BCUT2D eigenvalue weighted by molar-refractivity contribution is 6.31. The summed E-state index contributed by atoms with van der Waals surface area (Å²) >= 11 is 5.74.